The molecule has 72 valence electrons. The molecule has 0 saturated carbocycles. The Bertz CT molecular complexity index is 156. The monoisotopic (exact) mass is 169 g/mol. The fourth-order valence-corrected chi connectivity index (χ4v) is 1.01. The average molecular weight is 169 g/mol. The predicted molar refractivity (Wildman–Crippen MR) is 56.1 cm³/mol. The molecule has 1 nitrogen and oxygen atoms in total. The predicted octanol–water partition coefficient (Wildman–Crippen LogP) is 3.28. The zero-order valence-corrected chi connectivity index (χ0v) is 9.44. The van der Waals surface area contributed by atoms with Crippen LogP contribution in [-0.2, 0) is 0 Å². The maximum Gasteiger partial charge on any atom is 0.0337 e. The van der Waals surface area contributed by atoms with E-state index in [1.54, 1.807) is 0 Å². The molecule has 0 aromatic carbocycles. The van der Waals surface area contributed by atoms with E-state index in [9.17, 15) is 0 Å². The fraction of sp³-hybridized carbons (Fsp3) is 0.818. The van der Waals surface area contributed by atoms with Crippen molar-refractivity contribution in [3.05, 3.63) is 12.3 Å². The molecule has 12 heavy (non-hydrogen) atoms. The summed E-state index contributed by atoms with van der Waals surface area (Å²) in [6, 6.07) is 0. The van der Waals surface area contributed by atoms with Crippen molar-refractivity contribution in [1.29, 1.82) is 0 Å². The van der Waals surface area contributed by atoms with Gasteiger partial charge < -0.3 is 4.90 Å². The summed E-state index contributed by atoms with van der Waals surface area (Å²) in [6.07, 6.45) is 1.15. The molecule has 1 heteroatoms. The van der Waals surface area contributed by atoms with Gasteiger partial charge in [-0.05, 0) is 26.2 Å². The number of hydrogen-bond acceptors (Lipinski definition) is 1. The summed E-state index contributed by atoms with van der Waals surface area (Å²) in [4.78, 5) is 2.29. The summed E-state index contributed by atoms with van der Waals surface area (Å²) in [6.45, 7) is 15.2. The molecular formula is C11H23N. The summed E-state index contributed by atoms with van der Waals surface area (Å²) in [5.74, 6) is 0.542. The standard InChI is InChI=1S/C11H23N/c1-8-11(5,6)12(7)10(4)9(2)3/h9H,4,8H2,1-3,5-7H3. The van der Waals surface area contributed by atoms with Crippen molar-refractivity contribution in [2.75, 3.05) is 7.05 Å². The maximum absolute atomic E-state index is 4.09. The van der Waals surface area contributed by atoms with E-state index in [2.05, 4.69) is 53.1 Å². The molecule has 0 aromatic rings. The van der Waals surface area contributed by atoms with Crippen LogP contribution in [-0.4, -0.2) is 17.5 Å². The molecule has 0 unspecified atom stereocenters. The van der Waals surface area contributed by atoms with E-state index in [1.165, 1.54) is 5.70 Å². The second kappa shape index (κ2) is 3.97. The number of nitrogens with zero attached hydrogens (tertiary/aromatic N) is 1. The quantitative estimate of drug-likeness (QED) is 0.624. The van der Waals surface area contributed by atoms with Gasteiger partial charge in [0.15, 0.2) is 0 Å². The highest BCUT2D eigenvalue weighted by molar-refractivity contribution is 5.01. The molecule has 0 radical (unpaired) electrons. The minimum Gasteiger partial charge on any atom is -0.373 e. The van der Waals surface area contributed by atoms with Crippen LogP contribution in [0.1, 0.15) is 41.0 Å². The molecule has 0 atom stereocenters. The summed E-state index contributed by atoms with van der Waals surface area (Å²) in [5.41, 5.74) is 1.46. The Morgan fingerprint density at radius 1 is 1.42 bits per heavy atom. The third-order valence-corrected chi connectivity index (χ3v) is 2.87. The van der Waals surface area contributed by atoms with E-state index < -0.39 is 0 Å². The Labute approximate surface area is 77.5 Å². The molecule has 0 aliphatic heterocycles. The third kappa shape index (κ3) is 2.54. The molecule has 0 saturated heterocycles. The van der Waals surface area contributed by atoms with Gasteiger partial charge in [-0.1, -0.05) is 27.4 Å². The van der Waals surface area contributed by atoms with Crippen LogP contribution in [0, 0.1) is 5.92 Å². The van der Waals surface area contributed by atoms with E-state index in [1.807, 2.05) is 0 Å². The lowest BCUT2D eigenvalue weighted by Gasteiger charge is -2.39. The molecule has 0 spiro atoms. The van der Waals surface area contributed by atoms with E-state index in [4.69, 9.17) is 0 Å². The zero-order valence-electron chi connectivity index (χ0n) is 9.44. The topological polar surface area (TPSA) is 3.24 Å². The number of rotatable bonds is 4. The second-order valence-electron chi connectivity index (χ2n) is 4.37. The molecule has 0 fully saturated rings. The first kappa shape index (κ1) is 11.5. The molecule has 0 rings (SSSR count). The normalized spacial score (nSPS) is 11.9. The van der Waals surface area contributed by atoms with Gasteiger partial charge in [-0.3, -0.25) is 0 Å². The van der Waals surface area contributed by atoms with Gasteiger partial charge in [0, 0.05) is 18.3 Å². The highest BCUT2D eigenvalue weighted by Crippen LogP contribution is 2.23. The molecular weight excluding hydrogens is 146 g/mol. The third-order valence-electron chi connectivity index (χ3n) is 2.87. The van der Waals surface area contributed by atoms with Crippen molar-refractivity contribution in [3.63, 3.8) is 0 Å². The summed E-state index contributed by atoms with van der Waals surface area (Å²) < 4.78 is 0. The molecule has 0 bridgehead atoms. The first-order valence-corrected chi connectivity index (χ1v) is 4.75. The lowest BCUT2D eigenvalue weighted by Crippen LogP contribution is -2.40. The molecule has 0 aliphatic rings. The highest BCUT2D eigenvalue weighted by atomic mass is 15.2. The summed E-state index contributed by atoms with van der Waals surface area (Å²) >= 11 is 0. The first-order chi connectivity index (χ1) is 5.33. The van der Waals surface area contributed by atoms with E-state index in [0.29, 0.717) is 5.92 Å². The summed E-state index contributed by atoms with van der Waals surface area (Å²) in [7, 11) is 2.13. The Balaban J connectivity index is 4.38. The van der Waals surface area contributed by atoms with Crippen LogP contribution in [0.5, 0.6) is 0 Å². The van der Waals surface area contributed by atoms with E-state index >= 15 is 0 Å². The number of hydrogen-bond donors (Lipinski definition) is 0. The average Bonchev–Trinajstić information content (AvgIpc) is 2.01. The maximum atomic E-state index is 4.09. The molecule has 0 aliphatic carbocycles. The second-order valence-corrected chi connectivity index (χ2v) is 4.37. The van der Waals surface area contributed by atoms with Crippen molar-refractivity contribution in [2.45, 2.75) is 46.6 Å². The van der Waals surface area contributed by atoms with E-state index in [0.717, 1.165) is 6.42 Å². The van der Waals surface area contributed by atoms with Gasteiger partial charge in [0.25, 0.3) is 0 Å². The lowest BCUT2D eigenvalue weighted by atomic mass is 9.97. The van der Waals surface area contributed by atoms with E-state index in [-0.39, 0.29) is 5.54 Å². The van der Waals surface area contributed by atoms with Crippen molar-refractivity contribution in [2.24, 2.45) is 5.92 Å². The highest BCUT2D eigenvalue weighted by Gasteiger charge is 2.22. The van der Waals surface area contributed by atoms with Crippen LogP contribution in [0.4, 0.5) is 0 Å². The van der Waals surface area contributed by atoms with Crippen molar-refractivity contribution < 1.29 is 0 Å². The zero-order chi connectivity index (χ0) is 9.94. The van der Waals surface area contributed by atoms with Crippen molar-refractivity contribution >= 4 is 0 Å². The molecule has 0 amide bonds. The Hall–Kier alpha value is -0.460. The van der Waals surface area contributed by atoms with Gasteiger partial charge in [0.2, 0.25) is 0 Å². The Kier molecular flexibility index (Phi) is 3.82. The Morgan fingerprint density at radius 3 is 2.08 bits per heavy atom. The lowest BCUT2D eigenvalue weighted by molar-refractivity contribution is 0.183. The smallest absolute Gasteiger partial charge is 0.0337 e. The fourth-order valence-electron chi connectivity index (χ4n) is 1.01. The minimum absolute atomic E-state index is 0.237. The van der Waals surface area contributed by atoms with Gasteiger partial charge in [-0.15, -0.1) is 0 Å². The van der Waals surface area contributed by atoms with Crippen LogP contribution < -0.4 is 0 Å². The van der Waals surface area contributed by atoms with Gasteiger partial charge in [0.05, 0.1) is 0 Å². The first-order valence-electron chi connectivity index (χ1n) is 4.75. The minimum atomic E-state index is 0.237. The largest absolute Gasteiger partial charge is 0.373 e. The molecule has 0 heterocycles. The van der Waals surface area contributed by atoms with Crippen molar-refractivity contribution in [3.8, 4) is 0 Å². The van der Waals surface area contributed by atoms with Gasteiger partial charge in [0.1, 0.15) is 0 Å². The van der Waals surface area contributed by atoms with Gasteiger partial charge in [-0.25, -0.2) is 0 Å². The van der Waals surface area contributed by atoms with Gasteiger partial charge in [-0.2, -0.15) is 0 Å². The van der Waals surface area contributed by atoms with Gasteiger partial charge >= 0.3 is 0 Å². The van der Waals surface area contributed by atoms with Crippen molar-refractivity contribution in [1.82, 2.24) is 4.90 Å². The van der Waals surface area contributed by atoms with Crippen LogP contribution in [0.3, 0.4) is 0 Å². The van der Waals surface area contributed by atoms with Crippen LogP contribution in [0.25, 0.3) is 0 Å². The van der Waals surface area contributed by atoms with Crippen LogP contribution in [0.15, 0.2) is 12.3 Å². The molecule has 0 N–H and O–H groups in total. The Morgan fingerprint density at radius 2 is 1.83 bits per heavy atom. The SMILES string of the molecule is C=C(C(C)C)N(C)C(C)(C)CC. The van der Waals surface area contributed by atoms with Crippen LogP contribution >= 0.6 is 0 Å². The van der Waals surface area contributed by atoms with Crippen LogP contribution in [0.2, 0.25) is 0 Å². The summed E-state index contributed by atoms with van der Waals surface area (Å²) in [5, 5.41) is 0. The molecule has 0 aromatic heterocycles. The number of allylic oxidation sites excluding steroid dienone is 1.